The average Bonchev–Trinajstić information content (AvgIpc) is 2.62. The predicted octanol–water partition coefficient (Wildman–Crippen LogP) is 5.33. The predicted molar refractivity (Wildman–Crippen MR) is 112 cm³/mol. The molecule has 0 radical (unpaired) electrons. The SMILES string of the molecule is CCCC(=O)Nc1ccc(NC(=O)COc2ccc(Br)cc2C(C)C)cc1. The highest BCUT2D eigenvalue weighted by atomic mass is 79.9. The van der Waals surface area contributed by atoms with Gasteiger partial charge in [0.15, 0.2) is 6.61 Å². The molecule has 0 saturated carbocycles. The van der Waals surface area contributed by atoms with Crippen LogP contribution in [0.4, 0.5) is 11.4 Å². The Labute approximate surface area is 168 Å². The lowest BCUT2D eigenvalue weighted by Crippen LogP contribution is -2.20. The van der Waals surface area contributed by atoms with E-state index < -0.39 is 0 Å². The lowest BCUT2D eigenvalue weighted by atomic mass is 10.0. The first-order chi connectivity index (χ1) is 12.9. The smallest absolute Gasteiger partial charge is 0.262 e. The van der Waals surface area contributed by atoms with Crippen LogP contribution in [-0.4, -0.2) is 18.4 Å². The molecule has 27 heavy (non-hydrogen) atoms. The Morgan fingerprint density at radius 3 is 2.15 bits per heavy atom. The van der Waals surface area contributed by atoms with E-state index in [-0.39, 0.29) is 24.3 Å². The van der Waals surface area contributed by atoms with E-state index in [1.54, 1.807) is 24.3 Å². The summed E-state index contributed by atoms with van der Waals surface area (Å²) in [6, 6.07) is 12.8. The first kappa shape index (κ1) is 21.0. The van der Waals surface area contributed by atoms with Gasteiger partial charge in [0.25, 0.3) is 5.91 Å². The Kier molecular flexibility index (Phi) is 7.85. The van der Waals surface area contributed by atoms with Gasteiger partial charge in [-0.05, 0) is 60.4 Å². The normalized spacial score (nSPS) is 10.6. The van der Waals surface area contributed by atoms with Crippen molar-refractivity contribution < 1.29 is 14.3 Å². The van der Waals surface area contributed by atoms with Crippen LogP contribution in [0.1, 0.15) is 45.1 Å². The topological polar surface area (TPSA) is 67.4 Å². The van der Waals surface area contributed by atoms with Crippen molar-refractivity contribution in [3.63, 3.8) is 0 Å². The molecule has 2 aromatic carbocycles. The lowest BCUT2D eigenvalue weighted by Gasteiger charge is -2.14. The first-order valence-electron chi connectivity index (χ1n) is 9.01. The molecule has 2 rings (SSSR count). The maximum atomic E-state index is 12.2. The number of carbonyl (C=O) groups excluding carboxylic acids is 2. The van der Waals surface area contributed by atoms with Crippen LogP contribution in [0.5, 0.6) is 5.75 Å². The van der Waals surface area contributed by atoms with Crippen LogP contribution in [0.15, 0.2) is 46.9 Å². The van der Waals surface area contributed by atoms with E-state index in [0.29, 0.717) is 23.5 Å². The zero-order chi connectivity index (χ0) is 19.8. The van der Waals surface area contributed by atoms with Crippen LogP contribution in [0.25, 0.3) is 0 Å². The van der Waals surface area contributed by atoms with Gasteiger partial charge in [-0.25, -0.2) is 0 Å². The molecule has 0 aliphatic heterocycles. The summed E-state index contributed by atoms with van der Waals surface area (Å²) in [4.78, 5) is 23.8. The Morgan fingerprint density at radius 1 is 1.00 bits per heavy atom. The van der Waals surface area contributed by atoms with Gasteiger partial charge in [0.1, 0.15) is 5.75 Å². The molecule has 5 nitrogen and oxygen atoms in total. The number of benzene rings is 2. The Morgan fingerprint density at radius 2 is 1.59 bits per heavy atom. The molecule has 0 bridgehead atoms. The summed E-state index contributed by atoms with van der Waals surface area (Å²) >= 11 is 3.46. The molecule has 0 fully saturated rings. The van der Waals surface area contributed by atoms with E-state index in [1.165, 1.54) is 0 Å². The zero-order valence-corrected chi connectivity index (χ0v) is 17.4. The van der Waals surface area contributed by atoms with Crippen LogP contribution < -0.4 is 15.4 Å². The number of amides is 2. The van der Waals surface area contributed by atoms with Crippen LogP contribution in [0.3, 0.4) is 0 Å². The fourth-order valence-electron chi connectivity index (χ4n) is 2.53. The van der Waals surface area contributed by atoms with Gasteiger partial charge in [-0.3, -0.25) is 9.59 Å². The molecular weight excluding hydrogens is 408 g/mol. The summed E-state index contributed by atoms with van der Waals surface area (Å²) in [5, 5.41) is 5.60. The van der Waals surface area contributed by atoms with Crippen LogP contribution in [-0.2, 0) is 9.59 Å². The number of halogens is 1. The van der Waals surface area contributed by atoms with Gasteiger partial charge >= 0.3 is 0 Å². The van der Waals surface area contributed by atoms with E-state index in [1.807, 2.05) is 25.1 Å². The number of rotatable bonds is 8. The van der Waals surface area contributed by atoms with Gasteiger partial charge in [0.05, 0.1) is 0 Å². The Balaban J connectivity index is 1.90. The molecule has 2 N–H and O–H groups in total. The molecule has 0 atom stereocenters. The minimum atomic E-state index is -0.240. The molecular formula is C21H25BrN2O3. The largest absolute Gasteiger partial charge is 0.483 e. The number of hydrogen-bond acceptors (Lipinski definition) is 3. The van der Waals surface area contributed by atoms with Gasteiger partial charge in [-0.1, -0.05) is 36.7 Å². The van der Waals surface area contributed by atoms with E-state index in [4.69, 9.17) is 4.74 Å². The molecule has 0 heterocycles. The number of hydrogen-bond donors (Lipinski definition) is 2. The number of ether oxygens (including phenoxy) is 1. The van der Waals surface area contributed by atoms with Gasteiger partial charge in [0.2, 0.25) is 5.91 Å². The van der Waals surface area contributed by atoms with Crippen molar-refractivity contribution >= 4 is 39.1 Å². The van der Waals surface area contributed by atoms with Gasteiger partial charge in [0, 0.05) is 22.3 Å². The molecule has 2 aromatic rings. The third-order valence-electron chi connectivity index (χ3n) is 3.88. The average molecular weight is 433 g/mol. The second kappa shape index (κ2) is 10.1. The summed E-state index contributed by atoms with van der Waals surface area (Å²) in [5.41, 5.74) is 2.40. The summed E-state index contributed by atoms with van der Waals surface area (Å²) < 4.78 is 6.68. The minimum absolute atomic E-state index is 0.0156. The third-order valence-corrected chi connectivity index (χ3v) is 4.38. The first-order valence-corrected chi connectivity index (χ1v) is 9.80. The molecule has 0 unspecified atom stereocenters. The highest BCUT2D eigenvalue weighted by Crippen LogP contribution is 2.29. The summed E-state index contributed by atoms with van der Waals surface area (Å²) in [6.07, 6.45) is 1.29. The van der Waals surface area contributed by atoms with Crippen molar-refractivity contribution in [2.45, 2.75) is 39.5 Å². The molecule has 0 saturated heterocycles. The monoisotopic (exact) mass is 432 g/mol. The van der Waals surface area contributed by atoms with Crippen molar-refractivity contribution in [3.05, 3.63) is 52.5 Å². The lowest BCUT2D eigenvalue weighted by molar-refractivity contribution is -0.118. The van der Waals surface area contributed by atoms with Gasteiger partial charge in [-0.15, -0.1) is 0 Å². The maximum absolute atomic E-state index is 12.2. The Hall–Kier alpha value is -2.34. The van der Waals surface area contributed by atoms with Gasteiger partial charge < -0.3 is 15.4 Å². The summed E-state index contributed by atoms with van der Waals surface area (Å²) in [7, 11) is 0. The maximum Gasteiger partial charge on any atom is 0.262 e. The summed E-state index contributed by atoms with van der Waals surface area (Å²) in [5.74, 6) is 0.738. The minimum Gasteiger partial charge on any atom is -0.483 e. The van der Waals surface area contributed by atoms with Crippen molar-refractivity contribution in [1.29, 1.82) is 0 Å². The molecule has 0 aliphatic carbocycles. The molecule has 2 amide bonds. The van der Waals surface area contributed by atoms with E-state index in [0.717, 1.165) is 16.5 Å². The quantitative estimate of drug-likeness (QED) is 0.592. The van der Waals surface area contributed by atoms with Crippen LogP contribution in [0, 0.1) is 0 Å². The van der Waals surface area contributed by atoms with E-state index in [9.17, 15) is 9.59 Å². The molecule has 0 aromatic heterocycles. The van der Waals surface area contributed by atoms with Crippen molar-refractivity contribution in [2.75, 3.05) is 17.2 Å². The number of carbonyl (C=O) groups is 2. The number of nitrogens with one attached hydrogen (secondary N) is 2. The molecule has 144 valence electrons. The van der Waals surface area contributed by atoms with E-state index in [2.05, 4.69) is 40.4 Å². The van der Waals surface area contributed by atoms with E-state index >= 15 is 0 Å². The van der Waals surface area contributed by atoms with Crippen molar-refractivity contribution in [3.8, 4) is 5.75 Å². The third kappa shape index (κ3) is 6.71. The highest BCUT2D eigenvalue weighted by Gasteiger charge is 2.11. The fourth-order valence-corrected chi connectivity index (χ4v) is 2.91. The Bertz CT molecular complexity index is 789. The summed E-state index contributed by atoms with van der Waals surface area (Å²) in [6.45, 7) is 6.04. The second-order valence-electron chi connectivity index (χ2n) is 6.55. The van der Waals surface area contributed by atoms with Crippen LogP contribution in [0.2, 0.25) is 0 Å². The molecule has 0 spiro atoms. The second-order valence-corrected chi connectivity index (χ2v) is 7.46. The highest BCUT2D eigenvalue weighted by molar-refractivity contribution is 9.10. The van der Waals surface area contributed by atoms with Crippen LogP contribution >= 0.6 is 15.9 Å². The van der Waals surface area contributed by atoms with Crippen molar-refractivity contribution in [1.82, 2.24) is 0 Å². The zero-order valence-electron chi connectivity index (χ0n) is 15.8. The molecule has 0 aliphatic rings. The van der Waals surface area contributed by atoms with Gasteiger partial charge in [-0.2, -0.15) is 0 Å². The standard InChI is InChI=1S/C21H25BrN2O3/c1-4-5-20(25)23-16-7-9-17(10-8-16)24-21(26)13-27-19-11-6-15(22)12-18(19)14(2)3/h6-12,14H,4-5,13H2,1-3H3,(H,23,25)(H,24,26). The van der Waals surface area contributed by atoms with Crippen molar-refractivity contribution in [2.24, 2.45) is 0 Å². The fraction of sp³-hybridized carbons (Fsp3) is 0.333. The molecule has 6 heteroatoms. The number of anilines is 2.